The van der Waals surface area contributed by atoms with Gasteiger partial charge in [0.1, 0.15) is 12.4 Å². The summed E-state index contributed by atoms with van der Waals surface area (Å²) in [5.74, 6) is 0.561. The minimum Gasteiger partial charge on any atom is -0.490 e. The minimum absolute atomic E-state index is 0.137. The van der Waals surface area contributed by atoms with Crippen LogP contribution in [0.3, 0.4) is 0 Å². The number of anilines is 2. The van der Waals surface area contributed by atoms with E-state index >= 15 is 0 Å². The number of hydrogen-bond donors (Lipinski definition) is 1. The maximum atomic E-state index is 13.3. The highest BCUT2D eigenvalue weighted by Crippen LogP contribution is 2.38. The third kappa shape index (κ3) is 6.66. The first-order valence-corrected chi connectivity index (χ1v) is 12.9. The van der Waals surface area contributed by atoms with Crippen LogP contribution in [0.2, 0.25) is 15.1 Å². The zero-order valence-electron chi connectivity index (χ0n) is 19.6. The first-order chi connectivity index (χ1) is 16.9. The molecular formula is C27H28Cl3FN2O2. The van der Waals surface area contributed by atoms with Crippen molar-refractivity contribution in [3.8, 4) is 11.5 Å². The van der Waals surface area contributed by atoms with Gasteiger partial charge in [-0.15, -0.1) is 0 Å². The van der Waals surface area contributed by atoms with Gasteiger partial charge in [0.2, 0.25) is 0 Å². The van der Waals surface area contributed by atoms with Gasteiger partial charge in [-0.1, -0.05) is 40.9 Å². The highest BCUT2D eigenvalue weighted by atomic mass is 35.5. The summed E-state index contributed by atoms with van der Waals surface area (Å²) in [4.78, 5) is 2.35. The maximum absolute atomic E-state index is 13.3. The molecule has 4 nitrogen and oxygen atoms in total. The van der Waals surface area contributed by atoms with Gasteiger partial charge in [0.25, 0.3) is 0 Å². The van der Waals surface area contributed by atoms with Gasteiger partial charge in [-0.05, 0) is 74.2 Å². The highest BCUT2D eigenvalue weighted by Gasteiger charge is 2.16. The van der Waals surface area contributed by atoms with Crippen LogP contribution >= 0.6 is 34.8 Å². The molecule has 0 bridgehead atoms. The van der Waals surface area contributed by atoms with E-state index in [0.717, 1.165) is 35.1 Å². The average molecular weight is 538 g/mol. The van der Waals surface area contributed by atoms with Gasteiger partial charge in [-0.2, -0.15) is 0 Å². The molecule has 1 N–H and O–H groups in total. The summed E-state index contributed by atoms with van der Waals surface area (Å²) in [6.45, 7) is 5.11. The highest BCUT2D eigenvalue weighted by molar-refractivity contribution is 6.33. The van der Waals surface area contributed by atoms with E-state index in [4.69, 9.17) is 44.3 Å². The van der Waals surface area contributed by atoms with Gasteiger partial charge < -0.3 is 19.7 Å². The summed E-state index contributed by atoms with van der Waals surface area (Å²) in [7, 11) is 0. The van der Waals surface area contributed by atoms with Gasteiger partial charge in [0.15, 0.2) is 11.5 Å². The summed E-state index contributed by atoms with van der Waals surface area (Å²) in [5.41, 5.74) is 3.60. The molecule has 0 saturated carbocycles. The molecule has 0 spiro atoms. The molecule has 35 heavy (non-hydrogen) atoms. The normalized spacial score (nSPS) is 13.6. The zero-order chi connectivity index (χ0) is 24.8. The molecule has 0 unspecified atom stereocenters. The SMILES string of the molecule is CCOc1cc(CNc2ccc(N3CCCCC3)c(Cl)c2)cc(Cl)c1OCc1ccc(F)cc1Cl. The van der Waals surface area contributed by atoms with Crippen LogP contribution in [0, 0.1) is 5.82 Å². The first-order valence-electron chi connectivity index (χ1n) is 11.7. The molecule has 1 aliphatic rings. The summed E-state index contributed by atoms with van der Waals surface area (Å²) in [6, 6.07) is 14.0. The van der Waals surface area contributed by atoms with E-state index in [9.17, 15) is 4.39 Å². The minimum atomic E-state index is -0.397. The van der Waals surface area contributed by atoms with Crippen LogP contribution in [0.5, 0.6) is 11.5 Å². The van der Waals surface area contributed by atoms with Crippen LogP contribution in [0.1, 0.15) is 37.3 Å². The number of nitrogens with one attached hydrogen (secondary N) is 1. The average Bonchev–Trinajstić information content (AvgIpc) is 2.84. The van der Waals surface area contributed by atoms with Crippen molar-refractivity contribution in [2.24, 2.45) is 0 Å². The summed E-state index contributed by atoms with van der Waals surface area (Å²) in [6.07, 6.45) is 3.69. The Bertz CT molecular complexity index is 1170. The molecule has 0 aromatic heterocycles. The van der Waals surface area contributed by atoms with Crippen molar-refractivity contribution in [3.63, 3.8) is 0 Å². The Kier molecular flexibility index (Phi) is 8.88. The monoisotopic (exact) mass is 536 g/mol. The van der Waals surface area contributed by atoms with Crippen molar-refractivity contribution in [1.29, 1.82) is 0 Å². The Morgan fingerprint density at radius 3 is 2.40 bits per heavy atom. The lowest BCUT2D eigenvalue weighted by Gasteiger charge is -2.29. The number of ether oxygens (including phenoxy) is 2. The van der Waals surface area contributed by atoms with Crippen LogP contribution in [0.15, 0.2) is 48.5 Å². The maximum Gasteiger partial charge on any atom is 0.180 e. The smallest absolute Gasteiger partial charge is 0.180 e. The zero-order valence-corrected chi connectivity index (χ0v) is 21.8. The standard InChI is InChI=1S/C27H28Cl3FN2O2/c1-2-34-26-13-18(12-24(30)27(26)35-17-19-6-7-20(31)14-22(19)28)16-32-21-8-9-25(23(29)15-21)33-10-4-3-5-11-33/h6-9,12-15,32H,2-5,10-11,16-17H2,1H3. The molecule has 0 atom stereocenters. The van der Waals surface area contributed by atoms with Crippen LogP contribution in [-0.4, -0.2) is 19.7 Å². The molecule has 1 heterocycles. The van der Waals surface area contributed by atoms with E-state index in [1.165, 1.54) is 31.4 Å². The third-order valence-corrected chi connectivity index (χ3v) is 6.83. The van der Waals surface area contributed by atoms with Crippen LogP contribution in [-0.2, 0) is 13.2 Å². The van der Waals surface area contributed by atoms with Crippen molar-refractivity contribution >= 4 is 46.2 Å². The van der Waals surface area contributed by atoms with Crippen molar-refractivity contribution in [3.05, 3.63) is 80.5 Å². The van der Waals surface area contributed by atoms with E-state index < -0.39 is 5.82 Å². The van der Waals surface area contributed by atoms with Crippen LogP contribution < -0.4 is 19.7 Å². The lowest BCUT2D eigenvalue weighted by Crippen LogP contribution is -2.29. The lowest BCUT2D eigenvalue weighted by molar-refractivity contribution is 0.269. The lowest BCUT2D eigenvalue weighted by atomic mass is 10.1. The van der Waals surface area contributed by atoms with Crippen LogP contribution in [0.4, 0.5) is 15.8 Å². The molecule has 1 aliphatic heterocycles. The molecule has 1 fully saturated rings. The number of rotatable bonds is 9. The number of nitrogens with zero attached hydrogens (tertiary/aromatic N) is 1. The molecule has 0 radical (unpaired) electrons. The molecule has 4 rings (SSSR count). The van der Waals surface area contributed by atoms with Gasteiger partial charge in [-0.3, -0.25) is 0 Å². The van der Waals surface area contributed by atoms with E-state index in [2.05, 4.69) is 16.3 Å². The Balaban J connectivity index is 1.45. The summed E-state index contributed by atoms with van der Waals surface area (Å²) >= 11 is 19.3. The largest absolute Gasteiger partial charge is 0.490 e. The van der Waals surface area contributed by atoms with Crippen molar-refractivity contribution in [1.82, 2.24) is 0 Å². The second-order valence-electron chi connectivity index (χ2n) is 8.43. The summed E-state index contributed by atoms with van der Waals surface area (Å²) in [5, 5.41) is 4.87. The van der Waals surface area contributed by atoms with Crippen molar-refractivity contribution in [2.75, 3.05) is 29.9 Å². The third-order valence-electron chi connectivity index (χ3n) is 5.90. The van der Waals surface area contributed by atoms with Gasteiger partial charge >= 0.3 is 0 Å². The Hall–Kier alpha value is -2.34. The van der Waals surface area contributed by atoms with Gasteiger partial charge in [-0.25, -0.2) is 4.39 Å². The predicted molar refractivity (Wildman–Crippen MR) is 143 cm³/mol. The fourth-order valence-electron chi connectivity index (χ4n) is 4.13. The predicted octanol–water partition coefficient (Wildman–Crippen LogP) is 8.37. The fourth-order valence-corrected chi connectivity index (χ4v) is 4.94. The number of hydrogen-bond acceptors (Lipinski definition) is 4. The van der Waals surface area contributed by atoms with E-state index in [1.54, 1.807) is 6.07 Å². The molecular weight excluding hydrogens is 510 g/mol. The molecule has 0 aliphatic carbocycles. The summed E-state index contributed by atoms with van der Waals surface area (Å²) < 4.78 is 25.0. The van der Waals surface area contributed by atoms with Crippen molar-refractivity contribution in [2.45, 2.75) is 39.3 Å². The van der Waals surface area contributed by atoms with E-state index in [1.807, 2.05) is 31.2 Å². The molecule has 1 saturated heterocycles. The number of benzene rings is 3. The second-order valence-corrected chi connectivity index (χ2v) is 9.65. The van der Waals surface area contributed by atoms with Crippen molar-refractivity contribution < 1.29 is 13.9 Å². The van der Waals surface area contributed by atoms with Crippen LogP contribution in [0.25, 0.3) is 0 Å². The molecule has 3 aromatic carbocycles. The molecule has 186 valence electrons. The molecule has 8 heteroatoms. The van der Waals surface area contributed by atoms with Gasteiger partial charge in [0.05, 0.1) is 27.4 Å². The number of halogens is 4. The topological polar surface area (TPSA) is 33.7 Å². The number of piperidine rings is 1. The quantitative estimate of drug-likeness (QED) is 0.297. The van der Waals surface area contributed by atoms with Gasteiger partial charge in [0, 0.05) is 30.9 Å². The first kappa shape index (κ1) is 25.7. The Morgan fingerprint density at radius 2 is 1.69 bits per heavy atom. The Morgan fingerprint density at radius 1 is 0.886 bits per heavy atom. The fraction of sp³-hybridized carbons (Fsp3) is 0.333. The van der Waals surface area contributed by atoms with E-state index in [0.29, 0.717) is 40.3 Å². The molecule has 0 amide bonds. The second kappa shape index (κ2) is 12.1. The van der Waals surface area contributed by atoms with E-state index in [-0.39, 0.29) is 6.61 Å². The Labute approximate surface area is 220 Å². The molecule has 3 aromatic rings.